The average Bonchev–Trinajstić information content (AvgIpc) is 2.96. The van der Waals surface area contributed by atoms with Crippen molar-refractivity contribution in [3.8, 4) is 0 Å². The molecule has 3 rings (SSSR count). The van der Waals surface area contributed by atoms with Gasteiger partial charge in [-0.25, -0.2) is 0 Å². The van der Waals surface area contributed by atoms with Gasteiger partial charge in [-0.3, -0.25) is 4.90 Å². The molecule has 0 saturated heterocycles. The molecule has 2 N–H and O–H groups in total. The molecule has 0 bridgehead atoms. The zero-order valence-corrected chi connectivity index (χ0v) is 16.1. The second kappa shape index (κ2) is 7.80. The van der Waals surface area contributed by atoms with E-state index in [0.717, 1.165) is 17.2 Å². The Hall–Kier alpha value is -1.60. The normalized spacial score (nSPS) is 18.7. The largest absolute Gasteiger partial charge is 0.416 e. The summed E-state index contributed by atoms with van der Waals surface area (Å²) in [6, 6.07) is 11.5. The SMILES string of the molecule is CN(C)C(CN1Cc2ccc(C(F)(F)F)cc2C1CN)c1ccc(Cl)cc1. The third-order valence-electron chi connectivity index (χ3n) is 5.16. The van der Waals surface area contributed by atoms with E-state index in [9.17, 15) is 13.2 Å². The van der Waals surface area contributed by atoms with Crippen molar-refractivity contribution in [2.45, 2.75) is 24.8 Å². The summed E-state index contributed by atoms with van der Waals surface area (Å²) in [5.74, 6) is 0. The van der Waals surface area contributed by atoms with Crippen LogP contribution in [0, 0.1) is 0 Å². The van der Waals surface area contributed by atoms with E-state index in [4.69, 9.17) is 17.3 Å². The van der Waals surface area contributed by atoms with E-state index in [1.54, 1.807) is 6.07 Å². The van der Waals surface area contributed by atoms with Crippen molar-refractivity contribution in [3.05, 3.63) is 69.7 Å². The Bertz CT molecular complexity index is 790. The molecule has 0 aliphatic carbocycles. The van der Waals surface area contributed by atoms with E-state index >= 15 is 0 Å². The van der Waals surface area contributed by atoms with Crippen molar-refractivity contribution in [1.29, 1.82) is 0 Å². The molecule has 27 heavy (non-hydrogen) atoms. The number of rotatable bonds is 5. The number of nitrogens with zero attached hydrogens (tertiary/aromatic N) is 2. The fourth-order valence-electron chi connectivity index (χ4n) is 3.69. The summed E-state index contributed by atoms with van der Waals surface area (Å²) in [4.78, 5) is 4.26. The maximum absolute atomic E-state index is 13.1. The summed E-state index contributed by atoms with van der Waals surface area (Å²) in [6.07, 6.45) is -4.35. The number of hydrogen-bond donors (Lipinski definition) is 1. The molecule has 0 saturated carbocycles. The van der Waals surface area contributed by atoms with Crippen molar-refractivity contribution in [3.63, 3.8) is 0 Å². The Morgan fingerprint density at radius 2 is 1.85 bits per heavy atom. The van der Waals surface area contributed by atoms with E-state index in [1.807, 2.05) is 38.4 Å². The van der Waals surface area contributed by atoms with Crippen molar-refractivity contribution >= 4 is 11.6 Å². The number of benzene rings is 2. The maximum Gasteiger partial charge on any atom is 0.416 e. The Morgan fingerprint density at radius 3 is 2.41 bits per heavy atom. The van der Waals surface area contributed by atoms with E-state index < -0.39 is 11.7 Å². The number of nitrogens with two attached hydrogens (primary N) is 1. The average molecular weight is 398 g/mol. The van der Waals surface area contributed by atoms with Gasteiger partial charge in [-0.2, -0.15) is 13.2 Å². The summed E-state index contributed by atoms with van der Waals surface area (Å²) < 4.78 is 39.3. The predicted molar refractivity (Wildman–Crippen MR) is 102 cm³/mol. The molecule has 2 unspecified atom stereocenters. The maximum atomic E-state index is 13.1. The molecular formula is C20H23ClF3N3. The van der Waals surface area contributed by atoms with Crippen molar-refractivity contribution < 1.29 is 13.2 Å². The Morgan fingerprint density at radius 1 is 1.19 bits per heavy atom. The first-order valence-electron chi connectivity index (χ1n) is 8.76. The zero-order valence-electron chi connectivity index (χ0n) is 15.3. The van der Waals surface area contributed by atoms with Crippen LogP contribution in [0.25, 0.3) is 0 Å². The summed E-state index contributed by atoms with van der Waals surface area (Å²) in [6.45, 7) is 1.52. The van der Waals surface area contributed by atoms with Gasteiger partial charge < -0.3 is 10.6 Å². The lowest BCUT2D eigenvalue weighted by Crippen LogP contribution is -2.36. The van der Waals surface area contributed by atoms with Crippen LogP contribution in [0.5, 0.6) is 0 Å². The van der Waals surface area contributed by atoms with Gasteiger partial charge in [-0.1, -0.05) is 29.8 Å². The van der Waals surface area contributed by atoms with Gasteiger partial charge in [0.2, 0.25) is 0 Å². The van der Waals surface area contributed by atoms with Crippen LogP contribution >= 0.6 is 11.6 Å². The minimum Gasteiger partial charge on any atom is -0.329 e. The highest BCUT2D eigenvalue weighted by atomic mass is 35.5. The minimum absolute atomic E-state index is 0.0766. The summed E-state index contributed by atoms with van der Waals surface area (Å²) >= 11 is 5.99. The molecule has 2 aromatic carbocycles. The van der Waals surface area contributed by atoms with Gasteiger partial charge in [-0.15, -0.1) is 0 Å². The molecule has 1 aliphatic rings. The van der Waals surface area contributed by atoms with Crippen LogP contribution in [0.3, 0.4) is 0 Å². The highest BCUT2D eigenvalue weighted by Crippen LogP contribution is 2.39. The standard InChI is InChI=1S/C20H23ClF3N3/c1-26(2)19(13-4-7-16(21)8-5-13)12-27-11-14-3-6-15(20(22,23)24)9-17(14)18(27)10-25/h3-9,18-19H,10-12,25H2,1-2H3. The van der Waals surface area contributed by atoms with Crippen LogP contribution in [-0.4, -0.2) is 37.0 Å². The molecule has 2 atom stereocenters. The molecule has 0 radical (unpaired) electrons. The van der Waals surface area contributed by atoms with Crippen LogP contribution in [0.15, 0.2) is 42.5 Å². The van der Waals surface area contributed by atoms with Crippen LogP contribution < -0.4 is 5.73 Å². The third-order valence-corrected chi connectivity index (χ3v) is 5.41. The summed E-state index contributed by atoms with van der Waals surface area (Å²) in [7, 11) is 3.98. The molecule has 0 aromatic heterocycles. The van der Waals surface area contributed by atoms with Gasteiger partial charge in [0.1, 0.15) is 0 Å². The van der Waals surface area contributed by atoms with Crippen LogP contribution in [0.4, 0.5) is 13.2 Å². The number of fused-ring (bicyclic) bond motifs is 1. The molecule has 0 amide bonds. The van der Waals surface area contributed by atoms with Crippen molar-refractivity contribution in [1.82, 2.24) is 9.80 Å². The number of alkyl halides is 3. The minimum atomic E-state index is -4.35. The van der Waals surface area contributed by atoms with Crippen LogP contribution in [-0.2, 0) is 12.7 Å². The highest BCUT2D eigenvalue weighted by Gasteiger charge is 2.36. The predicted octanol–water partition coefficient (Wildman–Crippen LogP) is 4.48. The first-order valence-corrected chi connectivity index (χ1v) is 9.14. The molecule has 7 heteroatoms. The second-order valence-corrected chi connectivity index (χ2v) is 7.56. The van der Waals surface area contributed by atoms with Gasteiger partial charge in [0, 0.05) is 36.7 Å². The lowest BCUT2D eigenvalue weighted by Gasteiger charge is -2.32. The quantitative estimate of drug-likeness (QED) is 0.807. The fourth-order valence-corrected chi connectivity index (χ4v) is 3.82. The lowest BCUT2D eigenvalue weighted by molar-refractivity contribution is -0.137. The second-order valence-electron chi connectivity index (χ2n) is 7.12. The molecule has 1 aliphatic heterocycles. The van der Waals surface area contributed by atoms with E-state index in [0.29, 0.717) is 23.7 Å². The highest BCUT2D eigenvalue weighted by molar-refractivity contribution is 6.30. The summed E-state index contributed by atoms with van der Waals surface area (Å²) in [5.41, 5.74) is 8.03. The number of halogens is 4. The zero-order chi connectivity index (χ0) is 19.8. The smallest absolute Gasteiger partial charge is 0.329 e. The van der Waals surface area contributed by atoms with E-state index in [1.165, 1.54) is 6.07 Å². The molecule has 2 aromatic rings. The van der Waals surface area contributed by atoms with Gasteiger partial charge in [-0.05, 0) is 55.1 Å². The molecular weight excluding hydrogens is 375 g/mol. The molecule has 1 heterocycles. The monoisotopic (exact) mass is 397 g/mol. The third kappa shape index (κ3) is 4.29. The fraction of sp³-hybridized carbons (Fsp3) is 0.400. The Kier molecular flexibility index (Phi) is 5.82. The van der Waals surface area contributed by atoms with Crippen LogP contribution in [0.1, 0.15) is 34.3 Å². The molecule has 0 spiro atoms. The van der Waals surface area contributed by atoms with E-state index in [-0.39, 0.29) is 18.6 Å². The van der Waals surface area contributed by atoms with Gasteiger partial charge in [0.15, 0.2) is 0 Å². The van der Waals surface area contributed by atoms with Crippen molar-refractivity contribution in [2.24, 2.45) is 5.73 Å². The van der Waals surface area contributed by atoms with Crippen LogP contribution in [0.2, 0.25) is 5.02 Å². The van der Waals surface area contributed by atoms with Gasteiger partial charge in [0.05, 0.1) is 5.56 Å². The van der Waals surface area contributed by atoms with Gasteiger partial charge >= 0.3 is 6.18 Å². The van der Waals surface area contributed by atoms with Gasteiger partial charge in [0.25, 0.3) is 0 Å². The first kappa shape index (κ1) is 20.1. The molecule has 3 nitrogen and oxygen atoms in total. The Labute approximate surface area is 162 Å². The van der Waals surface area contributed by atoms with E-state index in [2.05, 4.69) is 9.80 Å². The molecule has 0 fully saturated rings. The topological polar surface area (TPSA) is 32.5 Å². The number of likely N-dealkylation sites (N-methyl/N-ethyl adjacent to an activating group) is 1. The first-order chi connectivity index (χ1) is 12.7. The number of hydrogen-bond acceptors (Lipinski definition) is 3. The van der Waals surface area contributed by atoms with Crippen molar-refractivity contribution in [2.75, 3.05) is 27.2 Å². The lowest BCUT2D eigenvalue weighted by atomic mass is 10.0. The molecule has 146 valence electrons. The summed E-state index contributed by atoms with van der Waals surface area (Å²) in [5, 5.41) is 0.671. The Balaban J connectivity index is 1.86.